The number of nitrogens with one attached hydrogen (secondary N) is 2. The molecule has 0 spiro atoms. The Labute approximate surface area is 79.8 Å². The molecule has 0 aromatic heterocycles. The molecule has 0 saturated carbocycles. The Kier molecular flexibility index (Phi) is 4.27. The third-order valence-electron chi connectivity index (χ3n) is 0.818. The Morgan fingerprint density at radius 2 is 2.09 bits per heavy atom. The van der Waals surface area contributed by atoms with Crippen molar-refractivity contribution < 1.29 is 4.92 Å². The Balaban J connectivity index is 4.88. The molecule has 0 amide bonds. The molecule has 0 rings (SSSR count). The van der Waals surface area contributed by atoms with Gasteiger partial charge in [-0.05, 0) is 31.9 Å². The largest absolute Gasteiger partial charge is 0.377 e. The van der Waals surface area contributed by atoms with Gasteiger partial charge in [0.15, 0.2) is 9.23 Å². The standard InChI is InChI=1S/C4H5Br2N3O2/c1-8-4(6)2(3(5)7)9(10)11/h7-8H,1H3/b4-2+,7-3?. The number of halogens is 2. The van der Waals surface area contributed by atoms with Crippen LogP contribution in [-0.4, -0.2) is 16.6 Å². The van der Waals surface area contributed by atoms with Crippen molar-refractivity contribution in [2.75, 3.05) is 7.05 Å². The van der Waals surface area contributed by atoms with Crippen LogP contribution in [0.25, 0.3) is 0 Å². The summed E-state index contributed by atoms with van der Waals surface area (Å²) in [5, 5.41) is 19.7. The van der Waals surface area contributed by atoms with Gasteiger partial charge in [-0.15, -0.1) is 0 Å². The molecule has 2 N–H and O–H groups in total. The molecule has 5 nitrogen and oxygen atoms in total. The lowest BCUT2D eigenvalue weighted by atomic mass is 10.5. The van der Waals surface area contributed by atoms with Crippen molar-refractivity contribution in [1.29, 1.82) is 5.41 Å². The SMILES string of the molecule is CN/C(Br)=C(\C(=N)Br)[N+](=O)[O-]. The lowest BCUT2D eigenvalue weighted by molar-refractivity contribution is -0.415. The molecule has 11 heavy (non-hydrogen) atoms. The molecular weight excluding hydrogens is 282 g/mol. The van der Waals surface area contributed by atoms with E-state index in [9.17, 15) is 10.1 Å². The minimum atomic E-state index is -0.655. The maximum Gasteiger partial charge on any atom is 0.331 e. The van der Waals surface area contributed by atoms with Gasteiger partial charge in [0.05, 0.1) is 4.92 Å². The minimum absolute atomic E-state index is 0.171. The van der Waals surface area contributed by atoms with E-state index in [1.807, 2.05) is 0 Å². The van der Waals surface area contributed by atoms with Crippen LogP contribution in [0, 0.1) is 15.5 Å². The quantitative estimate of drug-likeness (QED) is 0.356. The molecule has 7 heteroatoms. The van der Waals surface area contributed by atoms with Crippen LogP contribution in [0.5, 0.6) is 0 Å². The lowest BCUT2D eigenvalue weighted by Gasteiger charge is -1.97. The van der Waals surface area contributed by atoms with Crippen LogP contribution in [0.2, 0.25) is 0 Å². The summed E-state index contributed by atoms with van der Waals surface area (Å²) < 4.78 is -0.104. The van der Waals surface area contributed by atoms with Gasteiger partial charge in [-0.3, -0.25) is 15.5 Å². The molecule has 0 saturated heterocycles. The number of rotatable bonds is 3. The van der Waals surface area contributed by atoms with E-state index in [-0.39, 0.29) is 14.9 Å². The maximum atomic E-state index is 10.2. The topological polar surface area (TPSA) is 79.0 Å². The molecule has 0 radical (unpaired) electrons. The van der Waals surface area contributed by atoms with Crippen molar-refractivity contribution in [2.45, 2.75) is 0 Å². The smallest absolute Gasteiger partial charge is 0.331 e. The zero-order valence-electron chi connectivity index (χ0n) is 5.52. The molecule has 0 fully saturated rings. The first-order chi connectivity index (χ1) is 5.00. The summed E-state index contributed by atoms with van der Waals surface area (Å²) in [6.45, 7) is 0. The van der Waals surface area contributed by atoms with Gasteiger partial charge in [0.25, 0.3) is 0 Å². The normalized spacial score (nSPS) is 11.9. The Morgan fingerprint density at radius 1 is 1.64 bits per heavy atom. The van der Waals surface area contributed by atoms with Crippen molar-refractivity contribution in [2.24, 2.45) is 0 Å². The summed E-state index contributed by atoms with van der Waals surface area (Å²) in [6, 6.07) is 0. The predicted molar refractivity (Wildman–Crippen MR) is 48.7 cm³/mol. The third-order valence-corrected chi connectivity index (χ3v) is 1.97. The molecule has 0 aliphatic carbocycles. The van der Waals surface area contributed by atoms with E-state index in [0.29, 0.717) is 0 Å². The van der Waals surface area contributed by atoms with Crippen LogP contribution >= 0.6 is 31.9 Å². The number of nitro groups is 1. The summed E-state index contributed by atoms with van der Waals surface area (Å²) in [4.78, 5) is 9.59. The highest BCUT2D eigenvalue weighted by Gasteiger charge is 2.19. The fraction of sp³-hybridized carbons (Fsp3) is 0.250. The van der Waals surface area contributed by atoms with E-state index in [4.69, 9.17) is 5.41 Å². The van der Waals surface area contributed by atoms with E-state index in [2.05, 4.69) is 37.2 Å². The second-order valence-corrected chi connectivity index (χ2v) is 3.07. The van der Waals surface area contributed by atoms with Gasteiger partial charge < -0.3 is 5.32 Å². The molecule has 0 aromatic carbocycles. The Hall–Kier alpha value is -0.430. The molecule has 0 heterocycles. The van der Waals surface area contributed by atoms with Gasteiger partial charge in [0.2, 0.25) is 0 Å². The molecule has 0 aromatic rings. The Morgan fingerprint density at radius 3 is 2.18 bits per heavy atom. The second-order valence-electron chi connectivity index (χ2n) is 1.48. The number of hydrogen-bond acceptors (Lipinski definition) is 4. The van der Waals surface area contributed by atoms with Gasteiger partial charge in [-0.2, -0.15) is 0 Å². The fourth-order valence-electron chi connectivity index (χ4n) is 0.375. The number of allylic oxidation sites excluding steroid dienone is 1. The van der Waals surface area contributed by atoms with Gasteiger partial charge in [-0.1, -0.05) is 0 Å². The first-order valence-electron chi connectivity index (χ1n) is 2.47. The van der Waals surface area contributed by atoms with E-state index in [1.54, 1.807) is 0 Å². The van der Waals surface area contributed by atoms with Crippen LogP contribution in [0.3, 0.4) is 0 Å². The summed E-state index contributed by atoms with van der Waals surface area (Å²) in [5.74, 6) is 0. The van der Waals surface area contributed by atoms with Crippen molar-refractivity contribution >= 4 is 36.5 Å². The van der Waals surface area contributed by atoms with Crippen molar-refractivity contribution in [3.63, 3.8) is 0 Å². The molecule has 0 unspecified atom stereocenters. The van der Waals surface area contributed by atoms with Crippen molar-refractivity contribution in [1.82, 2.24) is 5.32 Å². The van der Waals surface area contributed by atoms with Crippen LogP contribution < -0.4 is 5.32 Å². The Bertz CT molecular complexity index is 209. The molecule has 62 valence electrons. The number of hydrogen-bond donors (Lipinski definition) is 2. The van der Waals surface area contributed by atoms with E-state index < -0.39 is 4.92 Å². The highest BCUT2D eigenvalue weighted by atomic mass is 79.9. The average Bonchev–Trinajstić information content (AvgIpc) is 1.85. The van der Waals surface area contributed by atoms with Crippen LogP contribution in [0.4, 0.5) is 0 Å². The highest BCUT2D eigenvalue weighted by Crippen LogP contribution is 2.12. The first-order valence-corrected chi connectivity index (χ1v) is 4.05. The van der Waals surface area contributed by atoms with Crippen LogP contribution in [0.1, 0.15) is 0 Å². The van der Waals surface area contributed by atoms with Crippen LogP contribution in [0.15, 0.2) is 10.3 Å². The average molecular weight is 287 g/mol. The summed E-state index contributed by atoms with van der Waals surface area (Å²) in [6.07, 6.45) is 0. The van der Waals surface area contributed by atoms with E-state index in [0.717, 1.165) is 0 Å². The zero-order chi connectivity index (χ0) is 9.02. The minimum Gasteiger partial charge on any atom is -0.377 e. The third kappa shape index (κ3) is 2.98. The van der Waals surface area contributed by atoms with Gasteiger partial charge >= 0.3 is 5.70 Å². The second kappa shape index (κ2) is 4.45. The summed E-state index contributed by atoms with van der Waals surface area (Å²) in [5.41, 5.74) is -0.326. The lowest BCUT2D eigenvalue weighted by Crippen LogP contribution is -2.13. The zero-order valence-corrected chi connectivity index (χ0v) is 8.69. The van der Waals surface area contributed by atoms with Crippen molar-refractivity contribution in [3.05, 3.63) is 20.4 Å². The first kappa shape index (κ1) is 10.6. The monoisotopic (exact) mass is 285 g/mol. The summed E-state index contributed by atoms with van der Waals surface area (Å²) >= 11 is 5.60. The molecule has 0 bridgehead atoms. The number of nitrogens with zero attached hydrogens (tertiary/aromatic N) is 1. The maximum absolute atomic E-state index is 10.2. The van der Waals surface area contributed by atoms with Crippen LogP contribution in [-0.2, 0) is 0 Å². The predicted octanol–water partition coefficient (Wildman–Crippen LogP) is 1.42. The highest BCUT2D eigenvalue weighted by molar-refractivity contribution is 9.18. The molecule has 0 aliphatic rings. The van der Waals surface area contributed by atoms with E-state index in [1.165, 1.54) is 7.05 Å². The van der Waals surface area contributed by atoms with Crippen molar-refractivity contribution in [3.8, 4) is 0 Å². The van der Waals surface area contributed by atoms with Gasteiger partial charge in [0, 0.05) is 7.05 Å². The van der Waals surface area contributed by atoms with Gasteiger partial charge in [-0.25, -0.2) is 0 Å². The summed E-state index contributed by atoms with van der Waals surface area (Å²) in [7, 11) is 1.52. The molecule has 0 atom stereocenters. The van der Waals surface area contributed by atoms with Gasteiger partial charge in [0.1, 0.15) is 0 Å². The van der Waals surface area contributed by atoms with E-state index >= 15 is 0 Å². The molecular formula is C4H5Br2N3O2. The molecule has 0 aliphatic heterocycles. The fourth-order valence-corrected chi connectivity index (χ4v) is 1.33.